The van der Waals surface area contributed by atoms with Gasteiger partial charge in [0.25, 0.3) is 5.91 Å². The summed E-state index contributed by atoms with van der Waals surface area (Å²) in [5.74, 6) is -1.10. The number of halogens is 3. The second kappa shape index (κ2) is 6.75. The Bertz CT molecular complexity index is 986. The molecular weight excluding hydrogens is 399 g/mol. The quantitative estimate of drug-likeness (QED) is 0.686. The van der Waals surface area contributed by atoms with Crippen LogP contribution in [-0.4, -0.2) is 10.9 Å². The number of nitrogens with one attached hydrogen (secondary N) is 2. The number of benzene rings is 2. The average Bonchev–Trinajstić information content (AvgIpc) is 2.55. The fraction of sp³-hybridized carbons (Fsp3) is 0.0588. The summed E-state index contributed by atoms with van der Waals surface area (Å²) in [6, 6.07) is 9.71. The van der Waals surface area contributed by atoms with Crippen LogP contribution < -0.4 is 10.7 Å². The van der Waals surface area contributed by atoms with Crippen LogP contribution in [0.5, 0.6) is 0 Å². The normalized spacial score (nSPS) is 10.8. The van der Waals surface area contributed by atoms with E-state index in [2.05, 4.69) is 26.2 Å². The molecule has 0 aliphatic carbocycles. The Morgan fingerprint density at radius 3 is 2.67 bits per heavy atom. The fourth-order valence-corrected chi connectivity index (χ4v) is 2.86. The number of hydrogen-bond acceptors (Lipinski definition) is 2. The molecular formula is C17H11BrClFN2O2. The first kappa shape index (κ1) is 16.7. The summed E-state index contributed by atoms with van der Waals surface area (Å²) in [7, 11) is 0. The minimum Gasteiger partial charge on any atom is -0.358 e. The van der Waals surface area contributed by atoms with Gasteiger partial charge in [-0.25, -0.2) is 4.39 Å². The Morgan fingerprint density at radius 2 is 1.96 bits per heavy atom. The number of amides is 1. The highest BCUT2D eigenvalue weighted by Gasteiger charge is 2.15. The third-order valence-corrected chi connectivity index (χ3v) is 4.23. The van der Waals surface area contributed by atoms with Gasteiger partial charge >= 0.3 is 0 Å². The Balaban J connectivity index is 1.88. The molecule has 0 unspecified atom stereocenters. The van der Waals surface area contributed by atoms with E-state index in [0.717, 1.165) is 5.56 Å². The highest BCUT2D eigenvalue weighted by molar-refractivity contribution is 9.10. The van der Waals surface area contributed by atoms with Crippen LogP contribution in [0.25, 0.3) is 10.9 Å². The Labute approximate surface area is 149 Å². The summed E-state index contributed by atoms with van der Waals surface area (Å²) in [6.07, 6.45) is 1.22. The number of aromatic nitrogens is 1. The lowest BCUT2D eigenvalue weighted by Gasteiger charge is -2.07. The van der Waals surface area contributed by atoms with E-state index in [1.54, 1.807) is 24.3 Å². The molecule has 0 bridgehead atoms. The van der Waals surface area contributed by atoms with E-state index in [0.29, 0.717) is 9.50 Å². The molecule has 0 radical (unpaired) electrons. The van der Waals surface area contributed by atoms with Gasteiger partial charge in [0.2, 0.25) is 5.43 Å². The first-order valence-electron chi connectivity index (χ1n) is 6.99. The summed E-state index contributed by atoms with van der Waals surface area (Å²) < 4.78 is 14.3. The molecule has 122 valence electrons. The molecule has 3 aromatic rings. The molecule has 1 amide bonds. The van der Waals surface area contributed by atoms with Gasteiger partial charge in [-0.15, -0.1) is 0 Å². The molecule has 2 aromatic carbocycles. The second-order valence-corrected chi connectivity index (χ2v) is 6.50. The predicted molar refractivity (Wildman–Crippen MR) is 94.8 cm³/mol. The molecule has 24 heavy (non-hydrogen) atoms. The molecule has 3 rings (SSSR count). The molecule has 7 heteroatoms. The van der Waals surface area contributed by atoms with Crippen LogP contribution in [-0.2, 0) is 6.54 Å². The molecule has 2 N–H and O–H groups in total. The SMILES string of the molecule is O=C(NCc1ccc(Cl)cc1)c1c[nH]c2c(F)cc(Br)cc2c1=O. The highest BCUT2D eigenvalue weighted by Crippen LogP contribution is 2.19. The van der Waals surface area contributed by atoms with Crippen LogP contribution in [0.1, 0.15) is 15.9 Å². The lowest BCUT2D eigenvalue weighted by atomic mass is 10.1. The van der Waals surface area contributed by atoms with Gasteiger partial charge in [-0.1, -0.05) is 39.7 Å². The highest BCUT2D eigenvalue weighted by atomic mass is 79.9. The molecule has 0 aliphatic rings. The molecule has 0 atom stereocenters. The van der Waals surface area contributed by atoms with E-state index in [-0.39, 0.29) is 23.0 Å². The zero-order chi connectivity index (χ0) is 17.3. The zero-order valence-corrected chi connectivity index (χ0v) is 14.5. The van der Waals surface area contributed by atoms with E-state index >= 15 is 0 Å². The molecule has 0 spiro atoms. The summed E-state index contributed by atoms with van der Waals surface area (Å²) in [6.45, 7) is 0.250. The van der Waals surface area contributed by atoms with Crippen LogP contribution in [0.2, 0.25) is 5.02 Å². The van der Waals surface area contributed by atoms with Crippen molar-refractivity contribution in [1.82, 2.24) is 10.3 Å². The number of carbonyl (C=O) groups excluding carboxylic acids is 1. The molecule has 0 saturated heterocycles. The average molecular weight is 410 g/mol. The summed E-state index contributed by atoms with van der Waals surface area (Å²) in [5.41, 5.74) is 0.308. The fourth-order valence-electron chi connectivity index (χ4n) is 2.30. The van der Waals surface area contributed by atoms with Crippen molar-refractivity contribution in [3.05, 3.63) is 79.3 Å². The molecule has 0 aliphatic heterocycles. The Kier molecular flexibility index (Phi) is 4.69. The van der Waals surface area contributed by atoms with Gasteiger partial charge in [0.1, 0.15) is 11.4 Å². The van der Waals surface area contributed by atoms with Crippen LogP contribution >= 0.6 is 27.5 Å². The Morgan fingerprint density at radius 1 is 1.25 bits per heavy atom. The van der Waals surface area contributed by atoms with Crippen molar-refractivity contribution < 1.29 is 9.18 Å². The maximum Gasteiger partial charge on any atom is 0.257 e. The number of H-pyrrole nitrogens is 1. The number of carbonyl (C=O) groups is 1. The van der Waals surface area contributed by atoms with E-state index in [1.807, 2.05) is 0 Å². The van der Waals surface area contributed by atoms with Crippen molar-refractivity contribution in [2.45, 2.75) is 6.54 Å². The topological polar surface area (TPSA) is 62.0 Å². The van der Waals surface area contributed by atoms with Gasteiger partial charge in [-0.2, -0.15) is 0 Å². The number of pyridine rings is 1. The van der Waals surface area contributed by atoms with Gasteiger partial charge in [-0.3, -0.25) is 9.59 Å². The van der Waals surface area contributed by atoms with Crippen LogP contribution in [0.15, 0.2) is 51.9 Å². The van der Waals surface area contributed by atoms with E-state index in [9.17, 15) is 14.0 Å². The van der Waals surface area contributed by atoms with Gasteiger partial charge < -0.3 is 10.3 Å². The van der Waals surface area contributed by atoms with Crippen LogP contribution in [0.3, 0.4) is 0 Å². The maximum absolute atomic E-state index is 13.9. The lowest BCUT2D eigenvalue weighted by Crippen LogP contribution is -2.28. The number of aromatic amines is 1. The van der Waals surface area contributed by atoms with Crippen molar-refractivity contribution in [1.29, 1.82) is 0 Å². The van der Waals surface area contributed by atoms with Crippen LogP contribution in [0, 0.1) is 5.82 Å². The molecule has 4 nitrogen and oxygen atoms in total. The minimum absolute atomic E-state index is 0.0671. The number of fused-ring (bicyclic) bond motifs is 1. The summed E-state index contributed by atoms with van der Waals surface area (Å²) in [4.78, 5) is 27.4. The van der Waals surface area contributed by atoms with E-state index in [1.165, 1.54) is 18.3 Å². The molecule has 1 heterocycles. The van der Waals surface area contributed by atoms with Crippen molar-refractivity contribution in [2.75, 3.05) is 0 Å². The van der Waals surface area contributed by atoms with Crippen molar-refractivity contribution in [3.8, 4) is 0 Å². The second-order valence-electron chi connectivity index (χ2n) is 5.15. The monoisotopic (exact) mass is 408 g/mol. The third kappa shape index (κ3) is 3.34. The first-order chi connectivity index (χ1) is 11.5. The van der Waals surface area contributed by atoms with Gasteiger partial charge in [0.15, 0.2) is 0 Å². The van der Waals surface area contributed by atoms with Crippen molar-refractivity contribution in [3.63, 3.8) is 0 Å². The van der Waals surface area contributed by atoms with Gasteiger partial charge in [0, 0.05) is 22.2 Å². The molecule has 0 saturated carbocycles. The largest absolute Gasteiger partial charge is 0.358 e. The maximum atomic E-state index is 13.9. The standard InChI is InChI=1S/C17H11BrClFN2O2/c18-10-5-12-15(14(20)6-10)21-8-13(16(12)23)17(24)22-7-9-1-3-11(19)4-2-9/h1-6,8H,7H2,(H,21,23)(H,22,24). The van der Waals surface area contributed by atoms with Crippen molar-refractivity contribution in [2.24, 2.45) is 0 Å². The van der Waals surface area contributed by atoms with E-state index < -0.39 is 17.2 Å². The number of hydrogen-bond donors (Lipinski definition) is 2. The third-order valence-electron chi connectivity index (χ3n) is 3.52. The van der Waals surface area contributed by atoms with Crippen LogP contribution in [0.4, 0.5) is 4.39 Å². The van der Waals surface area contributed by atoms with Crippen molar-refractivity contribution >= 4 is 44.3 Å². The molecule has 0 fully saturated rings. The minimum atomic E-state index is -0.565. The smallest absolute Gasteiger partial charge is 0.257 e. The first-order valence-corrected chi connectivity index (χ1v) is 8.16. The van der Waals surface area contributed by atoms with E-state index in [4.69, 9.17) is 11.6 Å². The lowest BCUT2D eigenvalue weighted by molar-refractivity contribution is 0.0949. The Hall–Kier alpha value is -2.18. The van der Waals surface area contributed by atoms with Gasteiger partial charge in [-0.05, 0) is 29.8 Å². The van der Waals surface area contributed by atoms with Gasteiger partial charge in [0.05, 0.1) is 10.9 Å². The number of rotatable bonds is 3. The summed E-state index contributed by atoms with van der Waals surface area (Å²) in [5, 5.41) is 3.37. The zero-order valence-electron chi connectivity index (χ0n) is 12.2. The predicted octanol–water partition coefficient (Wildman–Crippen LogP) is 4.01. The molecule has 1 aromatic heterocycles. The summed E-state index contributed by atoms with van der Waals surface area (Å²) >= 11 is 8.95.